The van der Waals surface area contributed by atoms with E-state index in [2.05, 4.69) is 14.3 Å². The Labute approximate surface area is 215 Å². The van der Waals surface area contributed by atoms with Crippen LogP contribution >= 0.6 is 11.6 Å². The Bertz CT molecular complexity index is 1480. The molecule has 0 fully saturated rings. The zero-order valence-electron chi connectivity index (χ0n) is 19.7. The van der Waals surface area contributed by atoms with Gasteiger partial charge in [-0.15, -0.1) is 0 Å². The van der Waals surface area contributed by atoms with Gasteiger partial charge in [-0.1, -0.05) is 29.8 Å². The van der Waals surface area contributed by atoms with Crippen molar-refractivity contribution < 1.29 is 17.9 Å². The van der Waals surface area contributed by atoms with Crippen molar-refractivity contribution in [2.45, 2.75) is 24.3 Å². The number of hydrogen-bond donors (Lipinski definition) is 1. The van der Waals surface area contributed by atoms with Gasteiger partial charge in [-0.2, -0.15) is 0 Å². The molecule has 0 unspecified atom stereocenters. The molecule has 4 rings (SSSR count). The molecule has 2 heterocycles. The first-order chi connectivity index (χ1) is 17.4. The molecule has 36 heavy (non-hydrogen) atoms. The third kappa shape index (κ3) is 6.20. The maximum absolute atomic E-state index is 12.4. The van der Waals surface area contributed by atoms with Crippen LogP contribution in [-0.2, 0) is 27.7 Å². The van der Waals surface area contributed by atoms with Gasteiger partial charge in [0, 0.05) is 47.6 Å². The SMILES string of the molecule is COC(=O)c1ccc2c(c1)c(C=CCCNS(=O)(=O)c1ccc(Cl)cc1)cn2CCc1cccnc1. The molecule has 0 amide bonds. The number of ether oxygens (including phenoxy) is 1. The molecule has 7 nitrogen and oxygen atoms in total. The largest absolute Gasteiger partial charge is 0.465 e. The molecular weight excluding hydrogens is 498 g/mol. The van der Waals surface area contributed by atoms with E-state index in [-0.39, 0.29) is 11.4 Å². The molecule has 0 aliphatic rings. The lowest BCUT2D eigenvalue weighted by molar-refractivity contribution is 0.0601. The molecule has 2 aromatic carbocycles. The van der Waals surface area contributed by atoms with Gasteiger partial charge >= 0.3 is 5.97 Å². The van der Waals surface area contributed by atoms with Gasteiger partial charge < -0.3 is 9.30 Å². The van der Waals surface area contributed by atoms with Gasteiger partial charge in [-0.3, -0.25) is 4.98 Å². The van der Waals surface area contributed by atoms with Crippen LogP contribution in [0, 0.1) is 0 Å². The standard InChI is InChI=1S/C27H26ClN3O4S/c1-35-27(32)21-7-12-26-25(17-21)22(19-31(26)16-13-20-5-4-14-29-18-20)6-2-3-15-30-36(33,34)24-10-8-23(28)9-11-24/h2,4-12,14,17-19,30H,3,13,15-16H2,1H3. The van der Waals surface area contributed by atoms with Crippen molar-refractivity contribution in [2.75, 3.05) is 13.7 Å². The molecule has 0 atom stereocenters. The van der Waals surface area contributed by atoms with Crippen LogP contribution in [0.5, 0.6) is 0 Å². The van der Waals surface area contributed by atoms with Crippen LogP contribution in [0.25, 0.3) is 17.0 Å². The highest BCUT2D eigenvalue weighted by molar-refractivity contribution is 7.89. The Morgan fingerprint density at radius 3 is 2.69 bits per heavy atom. The number of esters is 1. The zero-order chi connectivity index (χ0) is 25.5. The minimum Gasteiger partial charge on any atom is -0.465 e. The molecule has 4 aromatic rings. The number of hydrogen-bond acceptors (Lipinski definition) is 5. The summed E-state index contributed by atoms with van der Waals surface area (Å²) in [6, 6.07) is 15.5. The van der Waals surface area contributed by atoms with E-state index >= 15 is 0 Å². The van der Waals surface area contributed by atoms with Crippen molar-refractivity contribution in [3.05, 3.63) is 101 Å². The number of methoxy groups -OCH3 is 1. The fraction of sp³-hybridized carbons (Fsp3) is 0.185. The summed E-state index contributed by atoms with van der Waals surface area (Å²) in [7, 11) is -2.25. The van der Waals surface area contributed by atoms with Crippen molar-refractivity contribution in [1.29, 1.82) is 0 Å². The predicted molar refractivity (Wildman–Crippen MR) is 142 cm³/mol. The Morgan fingerprint density at radius 1 is 1.17 bits per heavy atom. The summed E-state index contributed by atoms with van der Waals surface area (Å²) in [6.07, 6.45) is 10.8. The van der Waals surface area contributed by atoms with Gasteiger partial charge in [0.15, 0.2) is 0 Å². The van der Waals surface area contributed by atoms with E-state index in [1.165, 1.54) is 19.2 Å². The van der Waals surface area contributed by atoms with Gasteiger partial charge in [-0.05, 0) is 72.5 Å². The number of carbonyl (C=O) groups is 1. The van der Waals surface area contributed by atoms with E-state index < -0.39 is 16.0 Å². The van der Waals surface area contributed by atoms with E-state index in [9.17, 15) is 13.2 Å². The second kappa shape index (κ2) is 11.5. The fourth-order valence-electron chi connectivity index (χ4n) is 3.87. The zero-order valence-corrected chi connectivity index (χ0v) is 21.3. The number of aryl methyl sites for hydroxylation is 2. The normalized spacial score (nSPS) is 11.8. The molecule has 2 aromatic heterocycles. The topological polar surface area (TPSA) is 90.3 Å². The molecule has 0 aliphatic heterocycles. The van der Waals surface area contributed by atoms with Crippen LogP contribution in [0.2, 0.25) is 5.02 Å². The number of benzene rings is 2. The lowest BCUT2D eigenvalue weighted by Crippen LogP contribution is -2.24. The number of halogens is 1. The van der Waals surface area contributed by atoms with Crippen molar-refractivity contribution >= 4 is 44.6 Å². The number of nitrogens with zero attached hydrogens (tertiary/aromatic N) is 2. The van der Waals surface area contributed by atoms with E-state index in [1.807, 2.05) is 48.8 Å². The minimum absolute atomic E-state index is 0.169. The average Bonchev–Trinajstić information content (AvgIpc) is 3.24. The Hall–Kier alpha value is -3.46. The Kier molecular flexibility index (Phi) is 8.20. The van der Waals surface area contributed by atoms with Crippen molar-refractivity contribution in [3.8, 4) is 0 Å². The molecule has 0 aliphatic carbocycles. The van der Waals surface area contributed by atoms with Gasteiger partial charge in [0.2, 0.25) is 10.0 Å². The molecule has 0 radical (unpaired) electrons. The molecule has 1 N–H and O–H groups in total. The molecule has 186 valence electrons. The lowest BCUT2D eigenvalue weighted by Gasteiger charge is -2.06. The summed E-state index contributed by atoms with van der Waals surface area (Å²) in [6.45, 7) is 0.989. The number of sulfonamides is 1. The van der Waals surface area contributed by atoms with Crippen molar-refractivity contribution in [2.24, 2.45) is 0 Å². The van der Waals surface area contributed by atoms with Gasteiger partial charge in [0.1, 0.15) is 0 Å². The summed E-state index contributed by atoms with van der Waals surface area (Å²) in [5, 5.41) is 1.40. The molecule has 9 heteroatoms. The van der Waals surface area contributed by atoms with Crippen LogP contribution in [0.3, 0.4) is 0 Å². The molecule has 0 saturated carbocycles. The van der Waals surface area contributed by atoms with E-state index in [0.29, 0.717) is 17.0 Å². The fourth-order valence-corrected chi connectivity index (χ4v) is 5.04. The van der Waals surface area contributed by atoms with Crippen molar-refractivity contribution in [1.82, 2.24) is 14.3 Å². The summed E-state index contributed by atoms with van der Waals surface area (Å²) in [5.41, 5.74) is 3.54. The molecule has 0 bridgehead atoms. The van der Waals surface area contributed by atoms with Gasteiger partial charge in [0.05, 0.1) is 17.6 Å². The number of nitrogens with one attached hydrogen (secondary N) is 1. The highest BCUT2D eigenvalue weighted by Crippen LogP contribution is 2.25. The van der Waals surface area contributed by atoms with Crippen molar-refractivity contribution in [3.63, 3.8) is 0 Å². The number of carbonyl (C=O) groups excluding carboxylic acids is 1. The van der Waals surface area contributed by atoms with Crippen LogP contribution in [0.1, 0.15) is 27.9 Å². The second-order valence-corrected chi connectivity index (χ2v) is 10.4. The number of rotatable bonds is 10. The quantitative estimate of drug-likeness (QED) is 0.231. The summed E-state index contributed by atoms with van der Waals surface area (Å²) < 4.78 is 34.5. The average molecular weight is 524 g/mol. The highest BCUT2D eigenvalue weighted by Gasteiger charge is 2.13. The Morgan fingerprint density at radius 2 is 1.97 bits per heavy atom. The number of fused-ring (bicyclic) bond motifs is 1. The third-order valence-corrected chi connectivity index (χ3v) is 7.45. The minimum atomic E-state index is -3.61. The smallest absolute Gasteiger partial charge is 0.337 e. The first-order valence-corrected chi connectivity index (χ1v) is 13.3. The van der Waals surface area contributed by atoms with Crippen LogP contribution < -0.4 is 4.72 Å². The van der Waals surface area contributed by atoms with E-state index in [4.69, 9.17) is 16.3 Å². The number of pyridine rings is 1. The lowest BCUT2D eigenvalue weighted by atomic mass is 10.1. The Balaban J connectivity index is 1.49. The molecule has 0 saturated heterocycles. The summed E-state index contributed by atoms with van der Waals surface area (Å²) in [5.74, 6) is -0.397. The monoisotopic (exact) mass is 523 g/mol. The molecular formula is C27H26ClN3O4S. The number of aromatic nitrogens is 2. The first-order valence-electron chi connectivity index (χ1n) is 11.4. The second-order valence-electron chi connectivity index (χ2n) is 8.16. The highest BCUT2D eigenvalue weighted by atomic mass is 35.5. The molecule has 0 spiro atoms. The maximum atomic E-state index is 12.4. The maximum Gasteiger partial charge on any atom is 0.337 e. The van der Waals surface area contributed by atoms with Gasteiger partial charge in [0.25, 0.3) is 0 Å². The third-order valence-electron chi connectivity index (χ3n) is 5.72. The summed E-state index contributed by atoms with van der Waals surface area (Å²) in [4.78, 5) is 16.4. The van der Waals surface area contributed by atoms with Crippen LogP contribution in [0.15, 0.2) is 84.2 Å². The predicted octanol–water partition coefficient (Wildman–Crippen LogP) is 5.10. The summed E-state index contributed by atoms with van der Waals surface area (Å²) >= 11 is 5.84. The van der Waals surface area contributed by atoms with E-state index in [0.717, 1.165) is 35.0 Å². The van der Waals surface area contributed by atoms with E-state index in [1.54, 1.807) is 24.4 Å². The van der Waals surface area contributed by atoms with Gasteiger partial charge in [-0.25, -0.2) is 17.9 Å². The first kappa shape index (κ1) is 25.6. The van der Waals surface area contributed by atoms with Crippen LogP contribution in [-0.4, -0.2) is 37.6 Å². The van der Waals surface area contributed by atoms with Crippen LogP contribution in [0.4, 0.5) is 0 Å².